The maximum atomic E-state index is 14.2. The van der Waals surface area contributed by atoms with E-state index in [1.165, 1.54) is 17.0 Å². The van der Waals surface area contributed by atoms with Gasteiger partial charge in [-0.2, -0.15) is 0 Å². The van der Waals surface area contributed by atoms with Crippen molar-refractivity contribution in [3.05, 3.63) is 57.3 Å². The van der Waals surface area contributed by atoms with Crippen LogP contribution in [0.5, 0.6) is 5.75 Å². The number of likely N-dealkylation sites (N-methyl/N-ethyl adjacent to an activating group) is 1. The van der Waals surface area contributed by atoms with E-state index in [1.54, 1.807) is 19.2 Å². The molecule has 0 aromatic heterocycles. The molecule has 1 N–H and O–H groups in total. The first-order valence-electron chi connectivity index (χ1n) is 6.68. The van der Waals surface area contributed by atoms with E-state index < -0.39 is 5.82 Å². The van der Waals surface area contributed by atoms with Gasteiger partial charge >= 0.3 is 0 Å². The van der Waals surface area contributed by atoms with Crippen molar-refractivity contribution in [3.63, 3.8) is 0 Å². The molecule has 0 bridgehead atoms. The molecular weight excluding hydrogens is 341 g/mol. The number of anilines is 1. The Morgan fingerprint density at radius 1 is 1.26 bits per heavy atom. The second-order valence-electron chi connectivity index (χ2n) is 5.04. The van der Waals surface area contributed by atoms with Crippen LogP contribution in [0.1, 0.15) is 11.1 Å². The molecule has 23 heavy (non-hydrogen) atoms. The third-order valence-corrected chi connectivity index (χ3v) is 4.43. The summed E-state index contributed by atoms with van der Waals surface area (Å²) in [5.74, 6) is -0.964. The second-order valence-corrected chi connectivity index (χ2v) is 5.82. The van der Waals surface area contributed by atoms with Crippen molar-refractivity contribution in [2.24, 2.45) is 4.99 Å². The predicted octanol–water partition coefficient (Wildman–Crippen LogP) is 3.65. The SMILES string of the molecule is [11CH3]N1C(=O)CN=C(c2cc(O)ccc2F)c2c1ccc(Cl)c2Cl. The fraction of sp³-hybridized carbons (Fsp3) is 0.125. The topological polar surface area (TPSA) is 52.9 Å². The van der Waals surface area contributed by atoms with E-state index in [-0.39, 0.29) is 39.5 Å². The molecule has 3 rings (SSSR count). The number of benzene rings is 2. The Bertz CT molecular complexity index is 852. The lowest BCUT2D eigenvalue weighted by Gasteiger charge is -2.19. The molecule has 0 atom stereocenters. The van der Waals surface area contributed by atoms with Crippen LogP contribution in [-0.2, 0) is 4.79 Å². The third kappa shape index (κ3) is 2.66. The summed E-state index contributed by atoms with van der Waals surface area (Å²) in [6.07, 6.45) is 0. The molecule has 2 aromatic carbocycles. The number of phenolic OH excluding ortho intramolecular Hbond substituents is 1. The first-order chi connectivity index (χ1) is 10.9. The van der Waals surface area contributed by atoms with Gasteiger partial charge in [-0.15, -0.1) is 0 Å². The van der Waals surface area contributed by atoms with Crippen LogP contribution in [0.15, 0.2) is 35.3 Å². The fourth-order valence-electron chi connectivity index (χ4n) is 2.43. The van der Waals surface area contributed by atoms with E-state index in [1.807, 2.05) is 0 Å². The van der Waals surface area contributed by atoms with Crippen molar-refractivity contribution in [3.8, 4) is 5.75 Å². The number of halogens is 3. The smallest absolute Gasteiger partial charge is 0.248 e. The largest absolute Gasteiger partial charge is 0.508 e. The van der Waals surface area contributed by atoms with Crippen molar-refractivity contribution < 1.29 is 14.3 Å². The first-order valence-corrected chi connectivity index (χ1v) is 7.44. The van der Waals surface area contributed by atoms with Crippen LogP contribution >= 0.6 is 23.2 Å². The summed E-state index contributed by atoms with van der Waals surface area (Å²) in [5, 5.41) is 10.1. The van der Waals surface area contributed by atoms with E-state index in [0.717, 1.165) is 6.07 Å². The van der Waals surface area contributed by atoms with Crippen LogP contribution in [0.25, 0.3) is 0 Å². The van der Waals surface area contributed by atoms with Crippen molar-refractivity contribution in [1.29, 1.82) is 0 Å². The summed E-state index contributed by atoms with van der Waals surface area (Å²) >= 11 is 12.4. The third-order valence-electron chi connectivity index (χ3n) is 3.62. The Kier molecular flexibility index (Phi) is 4.00. The number of rotatable bonds is 1. The number of benzodiazepines with no additional fused rings is 1. The lowest BCUT2D eigenvalue weighted by Crippen LogP contribution is -2.27. The van der Waals surface area contributed by atoms with Gasteiger partial charge in [0.05, 0.1) is 21.4 Å². The molecule has 7 heteroatoms. The normalized spacial score (nSPS) is 14.3. The molecule has 0 fully saturated rings. The van der Waals surface area contributed by atoms with Gasteiger partial charge < -0.3 is 10.0 Å². The summed E-state index contributed by atoms with van der Waals surface area (Å²) in [7, 11) is 1.59. The summed E-state index contributed by atoms with van der Waals surface area (Å²) in [4.78, 5) is 17.7. The Labute approximate surface area is 141 Å². The molecule has 0 saturated carbocycles. The molecule has 1 heterocycles. The number of fused-ring (bicyclic) bond motifs is 1. The number of carbonyl (C=O) groups excluding carboxylic acids is 1. The van der Waals surface area contributed by atoms with Crippen molar-refractivity contribution >= 4 is 40.5 Å². The van der Waals surface area contributed by atoms with Gasteiger partial charge in [-0.1, -0.05) is 23.2 Å². The highest BCUT2D eigenvalue weighted by atomic mass is 35.5. The minimum Gasteiger partial charge on any atom is -0.508 e. The van der Waals surface area contributed by atoms with Crippen molar-refractivity contribution in [1.82, 2.24) is 0 Å². The van der Waals surface area contributed by atoms with Crippen LogP contribution < -0.4 is 4.90 Å². The average Bonchev–Trinajstić information content (AvgIpc) is 2.64. The molecular formula is C16H11Cl2FN2O2. The quantitative estimate of drug-likeness (QED) is 0.852. The van der Waals surface area contributed by atoms with Crippen molar-refractivity contribution in [2.45, 2.75) is 0 Å². The van der Waals surface area contributed by atoms with E-state index in [2.05, 4.69) is 4.99 Å². The molecule has 1 aliphatic heterocycles. The number of aromatic hydroxyl groups is 1. The number of hydrogen-bond acceptors (Lipinski definition) is 3. The maximum absolute atomic E-state index is 14.2. The highest BCUT2D eigenvalue weighted by Crippen LogP contribution is 2.37. The van der Waals surface area contributed by atoms with Gasteiger partial charge in [0.15, 0.2) is 0 Å². The van der Waals surface area contributed by atoms with E-state index in [0.29, 0.717) is 11.3 Å². The van der Waals surface area contributed by atoms with Crippen LogP contribution in [0, 0.1) is 5.82 Å². The minimum absolute atomic E-state index is 0.0542. The second kappa shape index (κ2) is 5.83. The molecule has 1 amide bonds. The molecule has 0 radical (unpaired) electrons. The lowest BCUT2D eigenvalue weighted by molar-refractivity contribution is -0.116. The number of carbonyl (C=O) groups is 1. The van der Waals surface area contributed by atoms with Crippen LogP contribution in [-0.4, -0.2) is 30.3 Å². The van der Waals surface area contributed by atoms with E-state index in [9.17, 15) is 14.3 Å². The van der Waals surface area contributed by atoms with Crippen LogP contribution in [0.2, 0.25) is 10.0 Å². The van der Waals surface area contributed by atoms with Gasteiger partial charge in [-0.05, 0) is 30.3 Å². The molecule has 4 nitrogen and oxygen atoms in total. The Hall–Kier alpha value is -2.11. The van der Waals surface area contributed by atoms with Gasteiger partial charge in [-0.25, -0.2) is 4.39 Å². The number of aliphatic imine (C=N–C) groups is 1. The average molecular weight is 352 g/mol. The molecule has 0 spiro atoms. The highest BCUT2D eigenvalue weighted by Gasteiger charge is 2.27. The monoisotopic (exact) mass is 351 g/mol. The number of hydrogen-bond donors (Lipinski definition) is 1. The van der Waals surface area contributed by atoms with Crippen LogP contribution in [0.4, 0.5) is 10.1 Å². The zero-order valence-corrected chi connectivity index (χ0v) is 13.5. The van der Waals surface area contributed by atoms with Crippen LogP contribution in [0.3, 0.4) is 0 Å². The summed E-state index contributed by atoms with van der Waals surface area (Å²) in [6.45, 7) is -0.163. The Morgan fingerprint density at radius 3 is 2.74 bits per heavy atom. The number of nitrogens with zero attached hydrogens (tertiary/aromatic N) is 2. The lowest BCUT2D eigenvalue weighted by atomic mass is 9.98. The van der Waals surface area contributed by atoms with E-state index in [4.69, 9.17) is 23.2 Å². The maximum Gasteiger partial charge on any atom is 0.248 e. The van der Waals surface area contributed by atoms with Gasteiger partial charge in [0, 0.05) is 18.2 Å². The fourth-order valence-corrected chi connectivity index (χ4v) is 2.83. The van der Waals surface area contributed by atoms with Gasteiger partial charge in [0.25, 0.3) is 0 Å². The van der Waals surface area contributed by atoms with Gasteiger partial charge in [0.1, 0.15) is 18.1 Å². The number of amides is 1. The molecule has 0 unspecified atom stereocenters. The molecule has 1 aliphatic rings. The van der Waals surface area contributed by atoms with E-state index >= 15 is 0 Å². The van der Waals surface area contributed by atoms with Gasteiger partial charge in [0.2, 0.25) is 5.91 Å². The summed E-state index contributed by atoms with van der Waals surface area (Å²) < 4.78 is 14.2. The Balaban J connectivity index is 2.34. The first kappa shape index (κ1) is 15.8. The Morgan fingerprint density at radius 2 is 2.00 bits per heavy atom. The molecule has 118 valence electrons. The molecule has 0 aliphatic carbocycles. The van der Waals surface area contributed by atoms with Crippen molar-refractivity contribution in [2.75, 3.05) is 18.5 Å². The zero-order valence-electron chi connectivity index (χ0n) is 12.0. The summed E-state index contributed by atoms with van der Waals surface area (Å²) in [5.41, 5.74) is 1.07. The highest BCUT2D eigenvalue weighted by molar-refractivity contribution is 6.45. The zero-order chi connectivity index (χ0) is 16.7. The summed E-state index contributed by atoms with van der Waals surface area (Å²) in [6, 6.07) is 6.79. The number of phenols is 1. The predicted molar refractivity (Wildman–Crippen MR) is 88.4 cm³/mol. The molecule has 2 aromatic rings. The standard InChI is InChI=1S/C16H11Cl2FN2O2/c1-21-12-5-3-10(17)15(18)14(12)16(20-7-13(21)23)9-6-8(22)2-4-11(9)19/h2-6,22H,7H2,1H3/i1-1. The van der Waals surface area contributed by atoms with Gasteiger partial charge in [-0.3, -0.25) is 9.79 Å². The molecule has 0 saturated heterocycles. The minimum atomic E-state index is -0.583.